The van der Waals surface area contributed by atoms with Crippen LogP contribution in [0.25, 0.3) is 0 Å². The van der Waals surface area contributed by atoms with E-state index in [1.165, 1.54) is 6.92 Å². The Labute approximate surface area is 401 Å². The van der Waals surface area contributed by atoms with Gasteiger partial charge in [0.2, 0.25) is 0 Å². The van der Waals surface area contributed by atoms with Gasteiger partial charge in [-0.25, -0.2) is 0 Å². The fourth-order valence-corrected chi connectivity index (χ4v) is 19.2. The lowest BCUT2D eigenvalue weighted by Crippen LogP contribution is -2.48. The van der Waals surface area contributed by atoms with Crippen LogP contribution in [0.1, 0.15) is 157 Å². The van der Waals surface area contributed by atoms with Gasteiger partial charge in [-0.1, -0.05) is 107 Å². The van der Waals surface area contributed by atoms with E-state index in [4.69, 9.17) is 37.0 Å². The van der Waals surface area contributed by atoms with Crippen LogP contribution in [0.15, 0.2) is 36.0 Å². The number of cyclic esters (lactones) is 1. The minimum absolute atomic E-state index is 0.0828. The highest BCUT2D eigenvalue weighted by atomic mass is 28.4. The third-order valence-electron chi connectivity index (χ3n) is 15.5. The summed E-state index contributed by atoms with van der Waals surface area (Å²) in [4.78, 5) is 26.8. The zero-order chi connectivity index (χ0) is 49.2. The summed E-state index contributed by atoms with van der Waals surface area (Å²) in [5.41, 5.74) is -0.625. The van der Waals surface area contributed by atoms with Crippen LogP contribution in [-0.2, 0) is 46.6 Å². The molecule has 11 atom stereocenters. The second kappa shape index (κ2) is 27.7. The second-order valence-electron chi connectivity index (χ2n) is 19.8. The average Bonchev–Trinajstić information content (AvgIpc) is 4.05. The van der Waals surface area contributed by atoms with Crippen LogP contribution in [0.5, 0.6) is 0 Å². The van der Waals surface area contributed by atoms with E-state index in [1.54, 1.807) is 0 Å². The van der Waals surface area contributed by atoms with Crippen molar-refractivity contribution in [2.45, 2.75) is 265 Å². The van der Waals surface area contributed by atoms with Gasteiger partial charge in [-0.2, -0.15) is 0 Å². The lowest BCUT2D eigenvalue weighted by atomic mass is 9.88. The van der Waals surface area contributed by atoms with Gasteiger partial charge >= 0.3 is 11.9 Å². The minimum Gasteiger partial charge on any atom is -0.457 e. The fraction of sp³-hybridized carbons (Fsp3) is 0.846. The number of rotatable bonds is 28. The molecule has 0 radical (unpaired) electrons. The standard InChI is InChI=1S/C52H98O10Si3/c1-19-45(61-64(24-6,25-7)26-8)41(14)50-46(57-50)38-51(17,62-65(27-9,28-10)29-11)35-30-31-39(12)49-40(13)32-33-47(56-42(15)53)52(18,59-43(16)55-20-2)36-34-44(37-48(54)58-49)60-63(21-3,22-4)23-5/h30-33,35,40-41,43-47,49-50H,19-29,34,36-38H2,1-18H3/b33-32+,35-30+,39-31+/t40-,41+,43?,44?,45?,46+,47-,49+,50+,51-,52+/m0/s1. The lowest BCUT2D eigenvalue weighted by Gasteiger charge is -2.40. The summed E-state index contributed by atoms with van der Waals surface area (Å²) >= 11 is 0. The van der Waals surface area contributed by atoms with E-state index in [0.717, 1.165) is 72.8 Å². The van der Waals surface area contributed by atoms with Crippen molar-refractivity contribution in [2.75, 3.05) is 6.61 Å². The first-order valence-corrected chi connectivity index (χ1v) is 33.6. The number of allylic oxidation sites excluding steroid dienone is 2. The predicted molar refractivity (Wildman–Crippen MR) is 275 cm³/mol. The smallest absolute Gasteiger partial charge is 0.308 e. The van der Waals surface area contributed by atoms with Crippen molar-refractivity contribution in [1.29, 1.82) is 0 Å². The molecule has 2 rings (SSSR count). The summed E-state index contributed by atoms with van der Waals surface area (Å²) in [6, 6.07) is 9.40. The van der Waals surface area contributed by atoms with Crippen molar-refractivity contribution >= 4 is 36.9 Å². The zero-order valence-corrected chi connectivity index (χ0v) is 47.8. The first-order chi connectivity index (χ1) is 30.6. The molecule has 0 aromatic rings. The number of epoxide rings is 1. The third kappa shape index (κ3) is 17.5. The monoisotopic (exact) mass is 967 g/mol. The Morgan fingerprint density at radius 1 is 0.877 bits per heavy atom. The lowest BCUT2D eigenvalue weighted by molar-refractivity contribution is -0.227. The molecule has 0 N–H and O–H groups in total. The Hall–Kier alpha value is -1.43. The SMILES string of the molecule is CCOC(C)O[C@]1(C)CCC(O[Si](CC)(CC)CC)CC(=O)O[C@H](/C(C)=C/C=C/[C@@](C)(C[C@H]2O[C@@H]2[C@H](C)C(CC)O[Si](CC)(CC)CC)O[Si](CC)(CC)CC)[C@@H](C)/C=C/[C@@H]1OC(C)=O. The zero-order valence-electron chi connectivity index (χ0n) is 44.8. The van der Waals surface area contributed by atoms with E-state index in [2.05, 4.69) is 101 Å². The summed E-state index contributed by atoms with van der Waals surface area (Å²) in [6.07, 6.45) is 11.3. The van der Waals surface area contributed by atoms with Crippen LogP contribution >= 0.6 is 0 Å². The molecule has 2 aliphatic heterocycles. The van der Waals surface area contributed by atoms with E-state index < -0.39 is 60.6 Å². The van der Waals surface area contributed by atoms with Crippen LogP contribution in [0.3, 0.4) is 0 Å². The maximum Gasteiger partial charge on any atom is 0.308 e. The number of hydrogen-bond acceptors (Lipinski definition) is 10. The summed E-state index contributed by atoms with van der Waals surface area (Å²) in [5, 5.41) is 0. The molecule has 0 spiro atoms. The molecule has 10 nitrogen and oxygen atoms in total. The maximum atomic E-state index is 14.1. The van der Waals surface area contributed by atoms with Crippen LogP contribution in [0.2, 0.25) is 54.4 Å². The molecule has 0 amide bonds. The van der Waals surface area contributed by atoms with E-state index in [0.29, 0.717) is 25.4 Å². The molecular weight excluding hydrogens is 869 g/mol. The van der Waals surface area contributed by atoms with E-state index in [-0.39, 0.29) is 42.7 Å². The molecule has 0 bridgehead atoms. The van der Waals surface area contributed by atoms with Gasteiger partial charge in [-0.3, -0.25) is 9.59 Å². The van der Waals surface area contributed by atoms with Crippen molar-refractivity contribution in [3.63, 3.8) is 0 Å². The molecule has 1 saturated heterocycles. The Morgan fingerprint density at radius 2 is 1.45 bits per heavy atom. The maximum absolute atomic E-state index is 14.1. The topological polar surface area (TPSA) is 111 Å². The van der Waals surface area contributed by atoms with Crippen molar-refractivity contribution in [2.24, 2.45) is 11.8 Å². The molecule has 13 heteroatoms. The highest BCUT2D eigenvalue weighted by Crippen LogP contribution is 2.43. The van der Waals surface area contributed by atoms with Gasteiger partial charge in [-0.05, 0) is 120 Å². The van der Waals surface area contributed by atoms with Gasteiger partial charge in [0, 0.05) is 37.9 Å². The number of carbonyl (C=O) groups is 2. The summed E-state index contributed by atoms with van der Waals surface area (Å²) in [6.45, 7) is 38.8. The van der Waals surface area contributed by atoms with Crippen molar-refractivity contribution in [3.05, 3.63) is 36.0 Å². The molecule has 0 aromatic carbocycles. The van der Waals surface area contributed by atoms with Gasteiger partial charge in [0.25, 0.3) is 0 Å². The largest absolute Gasteiger partial charge is 0.457 e. The Morgan fingerprint density at radius 3 is 1.95 bits per heavy atom. The fourth-order valence-electron chi connectivity index (χ4n) is 10.2. The molecule has 1 fully saturated rings. The normalized spacial score (nSPS) is 28.1. The van der Waals surface area contributed by atoms with E-state index in [1.807, 2.05) is 46.8 Å². The van der Waals surface area contributed by atoms with Gasteiger partial charge in [-0.15, -0.1) is 0 Å². The van der Waals surface area contributed by atoms with Crippen molar-refractivity contribution in [3.8, 4) is 0 Å². The molecule has 0 aromatic heterocycles. The van der Waals surface area contributed by atoms with E-state index >= 15 is 0 Å². The highest BCUT2D eigenvalue weighted by molar-refractivity contribution is 6.74. The molecule has 0 saturated carbocycles. The average molecular weight is 968 g/mol. The molecule has 3 unspecified atom stereocenters. The van der Waals surface area contributed by atoms with Crippen molar-refractivity contribution in [1.82, 2.24) is 0 Å². The second-order valence-corrected chi connectivity index (χ2v) is 33.9. The molecule has 378 valence electrons. The number of hydrogen-bond donors (Lipinski definition) is 0. The summed E-state index contributed by atoms with van der Waals surface area (Å²) in [5.74, 6) is -0.667. The molecule has 2 heterocycles. The molecule has 2 aliphatic rings. The number of carbonyl (C=O) groups excluding carboxylic acids is 2. The Balaban J connectivity index is 2.62. The first-order valence-electron chi connectivity index (χ1n) is 26.1. The van der Waals surface area contributed by atoms with E-state index in [9.17, 15) is 9.59 Å². The quantitative estimate of drug-likeness (QED) is 0.0188. The minimum atomic E-state index is -2.13. The Bertz CT molecular complexity index is 1480. The van der Waals surface area contributed by atoms with Gasteiger partial charge in [0.1, 0.15) is 17.8 Å². The van der Waals surface area contributed by atoms with Crippen LogP contribution in [0, 0.1) is 11.8 Å². The molecular formula is C52H98O10Si3. The van der Waals surface area contributed by atoms with Crippen LogP contribution in [0.4, 0.5) is 0 Å². The van der Waals surface area contributed by atoms with Crippen LogP contribution < -0.4 is 0 Å². The third-order valence-corrected chi connectivity index (χ3v) is 29.6. The van der Waals surface area contributed by atoms with Gasteiger partial charge < -0.3 is 37.0 Å². The van der Waals surface area contributed by atoms with Gasteiger partial charge in [0.05, 0.1) is 30.3 Å². The summed E-state index contributed by atoms with van der Waals surface area (Å²) < 4.78 is 53.0. The van der Waals surface area contributed by atoms with Crippen molar-refractivity contribution < 1.29 is 46.6 Å². The highest BCUT2D eigenvalue weighted by Gasteiger charge is 2.51. The molecule has 0 aliphatic carbocycles. The summed E-state index contributed by atoms with van der Waals surface area (Å²) in [7, 11) is -5.95. The van der Waals surface area contributed by atoms with Gasteiger partial charge in [0.15, 0.2) is 31.2 Å². The molecule has 65 heavy (non-hydrogen) atoms. The Kier molecular flexibility index (Phi) is 25.4. The number of ether oxygens (including phenoxy) is 5. The first kappa shape index (κ1) is 59.7. The number of esters is 2. The predicted octanol–water partition coefficient (Wildman–Crippen LogP) is 13.6. The van der Waals surface area contributed by atoms with Crippen LogP contribution in [-0.4, -0.2) is 97.6 Å².